The van der Waals surface area contributed by atoms with Gasteiger partial charge in [-0.1, -0.05) is 37.1 Å². The normalized spacial score (nSPS) is 14.3. The lowest BCUT2D eigenvalue weighted by atomic mass is 10.1. The zero-order valence-electron chi connectivity index (χ0n) is 10.6. The topological polar surface area (TPSA) is 86.7 Å². The van der Waals surface area contributed by atoms with Crippen molar-refractivity contribution in [1.82, 2.24) is 0 Å². The van der Waals surface area contributed by atoms with Gasteiger partial charge >= 0.3 is 0 Å². The van der Waals surface area contributed by atoms with Crippen molar-refractivity contribution < 1.29 is 15.3 Å². The Morgan fingerprint density at radius 3 is 2.12 bits per heavy atom. The summed E-state index contributed by atoms with van der Waals surface area (Å²) in [7, 11) is 0. The molecular weight excluding hydrogens is 218 g/mol. The van der Waals surface area contributed by atoms with E-state index in [1.807, 2.05) is 0 Å². The number of aliphatic hydroxyl groups excluding tert-OH is 3. The Balaban J connectivity index is 0.000000304. The van der Waals surface area contributed by atoms with Gasteiger partial charge in [-0.2, -0.15) is 0 Å². The largest absolute Gasteiger partial charge is 0.394 e. The molecule has 0 saturated heterocycles. The van der Waals surface area contributed by atoms with E-state index in [-0.39, 0.29) is 0 Å². The van der Waals surface area contributed by atoms with Crippen molar-refractivity contribution in [3.8, 4) is 0 Å². The first-order valence-corrected chi connectivity index (χ1v) is 6.08. The van der Waals surface area contributed by atoms with Crippen LogP contribution in [-0.2, 0) is 0 Å². The van der Waals surface area contributed by atoms with Gasteiger partial charge < -0.3 is 21.1 Å². The van der Waals surface area contributed by atoms with Gasteiger partial charge in [0, 0.05) is 0 Å². The van der Waals surface area contributed by atoms with Gasteiger partial charge in [0.1, 0.15) is 0 Å². The Kier molecular flexibility index (Phi) is 8.99. The third kappa shape index (κ3) is 7.28. The number of unbranched alkanes of at least 4 members (excludes halogenated alkanes) is 1. The van der Waals surface area contributed by atoms with Crippen LogP contribution in [0.15, 0.2) is 23.8 Å². The van der Waals surface area contributed by atoms with Crippen molar-refractivity contribution in [1.29, 1.82) is 0 Å². The standard InChI is InChI=1S/C9H14.C4H11NO3/c1-2-3-6-9-7-4-5-8-9;5-4(1-6,2-7)3-8/h4-5,7H,2-3,6,8H2,1H3;6-8H,1-3,5H2. The van der Waals surface area contributed by atoms with E-state index < -0.39 is 25.4 Å². The lowest BCUT2D eigenvalue weighted by Gasteiger charge is -2.20. The van der Waals surface area contributed by atoms with Crippen molar-refractivity contribution in [2.75, 3.05) is 19.8 Å². The summed E-state index contributed by atoms with van der Waals surface area (Å²) in [5.41, 5.74) is 5.55. The fraction of sp³-hybridized carbons (Fsp3) is 0.692. The second-order valence-corrected chi connectivity index (χ2v) is 4.40. The van der Waals surface area contributed by atoms with Crippen LogP contribution < -0.4 is 5.73 Å². The summed E-state index contributed by atoms with van der Waals surface area (Å²) < 4.78 is 0. The number of allylic oxidation sites excluding steroid dienone is 4. The van der Waals surface area contributed by atoms with Crippen LogP contribution in [0.3, 0.4) is 0 Å². The molecule has 1 rings (SSSR count). The van der Waals surface area contributed by atoms with Gasteiger partial charge in [-0.15, -0.1) is 0 Å². The zero-order chi connectivity index (χ0) is 13.1. The fourth-order valence-electron chi connectivity index (χ4n) is 1.23. The summed E-state index contributed by atoms with van der Waals surface area (Å²) in [6, 6.07) is 0. The van der Waals surface area contributed by atoms with Crippen LogP contribution in [0, 0.1) is 0 Å². The lowest BCUT2D eigenvalue weighted by Crippen LogP contribution is -2.50. The van der Waals surface area contributed by atoms with E-state index in [1.165, 1.54) is 25.7 Å². The minimum Gasteiger partial charge on any atom is -0.394 e. The molecule has 0 bridgehead atoms. The minimum absolute atomic E-state index is 0.403. The first-order valence-electron chi connectivity index (χ1n) is 6.08. The van der Waals surface area contributed by atoms with Gasteiger partial charge in [0.15, 0.2) is 0 Å². The fourth-order valence-corrected chi connectivity index (χ4v) is 1.23. The van der Waals surface area contributed by atoms with Crippen molar-refractivity contribution in [2.45, 2.75) is 38.1 Å². The Bertz CT molecular complexity index is 237. The predicted octanol–water partition coefficient (Wildman–Crippen LogP) is 0.724. The van der Waals surface area contributed by atoms with E-state index in [0.717, 1.165) is 0 Å². The molecule has 0 spiro atoms. The van der Waals surface area contributed by atoms with Crippen molar-refractivity contribution in [3.05, 3.63) is 23.8 Å². The zero-order valence-corrected chi connectivity index (χ0v) is 10.6. The summed E-state index contributed by atoms with van der Waals surface area (Å²) in [4.78, 5) is 0. The molecule has 0 aromatic rings. The van der Waals surface area contributed by atoms with E-state index in [1.54, 1.807) is 5.57 Å². The Hall–Kier alpha value is -0.680. The maximum atomic E-state index is 8.34. The average molecular weight is 243 g/mol. The maximum Gasteiger partial charge on any atom is 0.0856 e. The highest BCUT2D eigenvalue weighted by atomic mass is 16.3. The highest BCUT2D eigenvalue weighted by molar-refractivity contribution is 5.22. The Morgan fingerprint density at radius 2 is 1.82 bits per heavy atom. The molecule has 17 heavy (non-hydrogen) atoms. The van der Waals surface area contributed by atoms with Crippen LogP contribution in [-0.4, -0.2) is 40.7 Å². The molecule has 0 aromatic carbocycles. The SMILES string of the molecule is CCCCC1=CC=CC1.NC(CO)(CO)CO. The molecule has 0 unspecified atom stereocenters. The summed E-state index contributed by atoms with van der Waals surface area (Å²) in [5.74, 6) is 0. The van der Waals surface area contributed by atoms with Crippen LogP contribution in [0.1, 0.15) is 32.6 Å². The van der Waals surface area contributed by atoms with E-state index in [2.05, 4.69) is 25.2 Å². The summed E-state index contributed by atoms with van der Waals surface area (Å²) in [6.07, 6.45) is 11.8. The molecule has 4 heteroatoms. The van der Waals surface area contributed by atoms with Gasteiger partial charge in [-0.3, -0.25) is 0 Å². The number of rotatable bonds is 6. The quantitative estimate of drug-likeness (QED) is 0.554. The maximum absolute atomic E-state index is 8.34. The van der Waals surface area contributed by atoms with Crippen molar-refractivity contribution >= 4 is 0 Å². The first-order chi connectivity index (χ1) is 8.11. The molecule has 0 heterocycles. The lowest BCUT2D eigenvalue weighted by molar-refractivity contribution is 0.0698. The second kappa shape index (κ2) is 9.36. The van der Waals surface area contributed by atoms with Crippen molar-refractivity contribution in [2.24, 2.45) is 5.73 Å². The van der Waals surface area contributed by atoms with Crippen LogP contribution in [0.25, 0.3) is 0 Å². The van der Waals surface area contributed by atoms with Crippen LogP contribution in [0.4, 0.5) is 0 Å². The molecular formula is C13H25NO3. The van der Waals surface area contributed by atoms with E-state index >= 15 is 0 Å². The summed E-state index contributed by atoms with van der Waals surface area (Å²) >= 11 is 0. The van der Waals surface area contributed by atoms with E-state index in [0.29, 0.717) is 0 Å². The molecule has 0 aromatic heterocycles. The smallest absolute Gasteiger partial charge is 0.0856 e. The van der Waals surface area contributed by atoms with Gasteiger partial charge in [-0.25, -0.2) is 0 Å². The van der Waals surface area contributed by atoms with Crippen LogP contribution >= 0.6 is 0 Å². The molecule has 0 saturated carbocycles. The number of nitrogens with two attached hydrogens (primary N) is 1. The number of aliphatic hydroxyl groups is 3. The Labute approximate surface area is 103 Å². The third-order valence-corrected chi connectivity index (χ3v) is 2.64. The van der Waals surface area contributed by atoms with Crippen LogP contribution in [0.5, 0.6) is 0 Å². The number of hydrogen-bond acceptors (Lipinski definition) is 4. The molecule has 0 fully saturated rings. The van der Waals surface area contributed by atoms with Gasteiger partial charge in [-0.05, 0) is 19.3 Å². The molecule has 1 aliphatic carbocycles. The van der Waals surface area contributed by atoms with E-state index in [9.17, 15) is 0 Å². The monoisotopic (exact) mass is 243 g/mol. The predicted molar refractivity (Wildman–Crippen MR) is 69.5 cm³/mol. The van der Waals surface area contributed by atoms with Crippen LogP contribution in [0.2, 0.25) is 0 Å². The average Bonchev–Trinajstić information content (AvgIpc) is 2.89. The molecule has 0 atom stereocenters. The highest BCUT2D eigenvalue weighted by Gasteiger charge is 2.20. The molecule has 1 aliphatic rings. The summed E-state index contributed by atoms with van der Waals surface area (Å²) in [5, 5.41) is 25.0. The second-order valence-electron chi connectivity index (χ2n) is 4.40. The molecule has 0 amide bonds. The van der Waals surface area contributed by atoms with Gasteiger partial charge in [0.05, 0.1) is 25.4 Å². The number of hydrogen-bond donors (Lipinski definition) is 4. The summed E-state index contributed by atoms with van der Waals surface area (Å²) in [6.45, 7) is 1.03. The van der Waals surface area contributed by atoms with Gasteiger partial charge in [0.25, 0.3) is 0 Å². The molecule has 0 aliphatic heterocycles. The molecule has 0 radical (unpaired) electrons. The van der Waals surface area contributed by atoms with E-state index in [4.69, 9.17) is 21.1 Å². The third-order valence-electron chi connectivity index (χ3n) is 2.64. The first kappa shape index (κ1) is 16.3. The minimum atomic E-state index is -1.21. The molecule has 5 N–H and O–H groups in total. The van der Waals surface area contributed by atoms with Crippen molar-refractivity contribution in [3.63, 3.8) is 0 Å². The highest BCUT2D eigenvalue weighted by Crippen LogP contribution is 2.16. The van der Waals surface area contributed by atoms with Gasteiger partial charge in [0.2, 0.25) is 0 Å². The molecule has 4 nitrogen and oxygen atoms in total. The Morgan fingerprint density at radius 1 is 1.24 bits per heavy atom. The molecule has 100 valence electrons.